The van der Waals surface area contributed by atoms with Crippen LogP contribution in [-0.4, -0.2) is 4.57 Å². The molecule has 0 spiro atoms. The molecule has 0 aliphatic rings. The summed E-state index contributed by atoms with van der Waals surface area (Å²) in [5, 5.41) is 5.53. The fourth-order valence-electron chi connectivity index (χ4n) is 2.66. The molecule has 20 heavy (non-hydrogen) atoms. The normalized spacial score (nSPS) is 11.4. The highest BCUT2D eigenvalue weighted by Gasteiger charge is 2.07. The number of hydrogen-bond acceptors (Lipinski definition) is 1. The Hall–Kier alpha value is -1.77. The summed E-state index contributed by atoms with van der Waals surface area (Å²) in [5.74, 6) is 0. The predicted molar refractivity (Wildman–Crippen MR) is 87.9 cm³/mol. The SMILES string of the molecule is Clc1cccc2c1ccn2Cc1csc2ccccc12. The first kappa shape index (κ1) is 12.0. The van der Waals surface area contributed by atoms with Crippen LogP contribution in [0.5, 0.6) is 0 Å². The molecule has 0 radical (unpaired) electrons. The zero-order chi connectivity index (χ0) is 13.5. The quantitative estimate of drug-likeness (QED) is 0.456. The number of halogens is 1. The highest BCUT2D eigenvalue weighted by molar-refractivity contribution is 7.17. The van der Waals surface area contributed by atoms with Crippen LogP contribution in [-0.2, 0) is 6.54 Å². The van der Waals surface area contributed by atoms with Gasteiger partial charge in [-0.3, -0.25) is 0 Å². The fraction of sp³-hybridized carbons (Fsp3) is 0.0588. The van der Waals surface area contributed by atoms with Crippen molar-refractivity contribution in [3.63, 3.8) is 0 Å². The fourth-order valence-corrected chi connectivity index (χ4v) is 3.85. The summed E-state index contributed by atoms with van der Waals surface area (Å²) in [6.45, 7) is 0.883. The van der Waals surface area contributed by atoms with Crippen LogP contribution in [0.2, 0.25) is 5.02 Å². The second-order valence-corrected chi connectivity index (χ2v) is 6.19. The Kier molecular flexibility index (Phi) is 2.79. The van der Waals surface area contributed by atoms with E-state index in [0.717, 1.165) is 17.0 Å². The summed E-state index contributed by atoms with van der Waals surface area (Å²) >= 11 is 8.04. The number of fused-ring (bicyclic) bond motifs is 2. The third-order valence-electron chi connectivity index (χ3n) is 3.66. The molecule has 0 fully saturated rings. The predicted octanol–water partition coefficient (Wildman–Crippen LogP) is 5.56. The second kappa shape index (κ2) is 4.65. The smallest absolute Gasteiger partial charge is 0.0499 e. The largest absolute Gasteiger partial charge is 0.343 e. The van der Waals surface area contributed by atoms with Crippen molar-refractivity contribution < 1.29 is 0 Å². The zero-order valence-electron chi connectivity index (χ0n) is 10.7. The molecule has 0 aliphatic carbocycles. The first-order valence-electron chi connectivity index (χ1n) is 6.51. The molecular formula is C17H12ClNS. The van der Waals surface area contributed by atoms with Crippen LogP contribution in [0.1, 0.15) is 5.56 Å². The molecule has 4 rings (SSSR count). The Bertz CT molecular complexity index is 904. The average Bonchev–Trinajstić information content (AvgIpc) is 3.06. The van der Waals surface area contributed by atoms with Gasteiger partial charge < -0.3 is 4.57 Å². The lowest BCUT2D eigenvalue weighted by atomic mass is 10.2. The maximum absolute atomic E-state index is 6.24. The zero-order valence-corrected chi connectivity index (χ0v) is 12.3. The number of thiophene rings is 1. The van der Waals surface area contributed by atoms with Gasteiger partial charge in [-0.2, -0.15) is 0 Å². The second-order valence-electron chi connectivity index (χ2n) is 4.87. The van der Waals surface area contributed by atoms with Crippen LogP contribution in [0.15, 0.2) is 60.1 Å². The maximum atomic E-state index is 6.24. The molecule has 4 aromatic rings. The topological polar surface area (TPSA) is 4.93 Å². The Morgan fingerprint density at radius 2 is 1.85 bits per heavy atom. The number of aromatic nitrogens is 1. The van der Waals surface area contributed by atoms with Gasteiger partial charge in [0.25, 0.3) is 0 Å². The van der Waals surface area contributed by atoms with Crippen molar-refractivity contribution >= 4 is 43.9 Å². The van der Waals surface area contributed by atoms with Gasteiger partial charge in [0.2, 0.25) is 0 Å². The molecule has 2 aromatic heterocycles. The van der Waals surface area contributed by atoms with Crippen LogP contribution in [0, 0.1) is 0 Å². The van der Waals surface area contributed by atoms with E-state index >= 15 is 0 Å². The molecular weight excluding hydrogens is 286 g/mol. The van der Waals surface area contributed by atoms with Gasteiger partial charge >= 0.3 is 0 Å². The highest BCUT2D eigenvalue weighted by atomic mass is 35.5. The molecule has 0 saturated heterocycles. The van der Waals surface area contributed by atoms with Gasteiger partial charge in [0.05, 0.1) is 0 Å². The van der Waals surface area contributed by atoms with Gasteiger partial charge in [-0.15, -0.1) is 11.3 Å². The molecule has 0 bridgehead atoms. The minimum Gasteiger partial charge on any atom is -0.343 e. The Morgan fingerprint density at radius 3 is 2.80 bits per heavy atom. The van der Waals surface area contributed by atoms with Crippen LogP contribution < -0.4 is 0 Å². The van der Waals surface area contributed by atoms with Gasteiger partial charge in [-0.1, -0.05) is 35.9 Å². The lowest BCUT2D eigenvalue weighted by Crippen LogP contribution is -1.96. The summed E-state index contributed by atoms with van der Waals surface area (Å²) in [6.07, 6.45) is 2.11. The number of hydrogen-bond donors (Lipinski definition) is 0. The summed E-state index contributed by atoms with van der Waals surface area (Å²) < 4.78 is 3.60. The first-order chi connectivity index (χ1) is 9.83. The van der Waals surface area contributed by atoms with Crippen molar-refractivity contribution in [3.05, 3.63) is 70.7 Å². The lowest BCUT2D eigenvalue weighted by molar-refractivity contribution is 0.846. The summed E-state index contributed by atoms with van der Waals surface area (Å²) in [7, 11) is 0. The molecule has 3 heteroatoms. The van der Waals surface area contributed by atoms with Crippen LogP contribution in [0.3, 0.4) is 0 Å². The Morgan fingerprint density at radius 1 is 0.950 bits per heavy atom. The van der Waals surface area contributed by atoms with Crippen molar-refractivity contribution in [2.75, 3.05) is 0 Å². The van der Waals surface area contributed by atoms with Crippen LogP contribution >= 0.6 is 22.9 Å². The van der Waals surface area contributed by atoms with Gasteiger partial charge in [0, 0.05) is 33.4 Å². The maximum Gasteiger partial charge on any atom is 0.0499 e. The van der Waals surface area contributed by atoms with Gasteiger partial charge in [0.1, 0.15) is 0 Å². The molecule has 1 nitrogen and oxygen atoms in total. The number of benzene rings is 2. The molecule has 0 amide bonds. The third kappa shape index (κ3) is 1.84. The molecule has 0 N–H and O–H groups in total. The Labute approximate surface area is 126 Å². The highest BCUT2D eigenvalue weighted by Crippen LogP contribution is 2.29. The molecule has 0 atom stereocenters. The van der Waals surface area contributed by atoms with Gasteiger partial charge in [0.15, 0.2) is 0 Å². The third-order valence-corrected chi connectivity index (χ3v) is 5.00. The monoisotopic (exact) mass is 297 g/mol. The molecule has 98 valence electrons. The van der Waals surface area contributed by atoms with E-state index in [0.29, 0.717) is 0 Å². The molecule has 0 aliphatic heterocycles. The molecule has 2 heterocycles. The first-order valence-corrected chi connectivity index (χ1v) is 7.77. The van der Waals surface area contributed by atoms with E-state index in [2.05, 4.69) is 52.5 Å². The van der Waals surface area contributed by atoms with E-state index in [4.69, 9.17) is 11.6 Å². The van der Waals surface area contributed by atoms with Crippen LogP contribution in [0.25, 0.3) is 21.0 Å². The van der Waals surface area contributed by atoms with E-state index in [1.807, 2.05) is 12.1 Å². The van der Waals surface area contributed by atoms with E-state index < -0.39 is 0 Å². The standard InChI is InChI=1S/C17H12ClNS/c18-15-5-3-6-16-14(15)8-9-19(16)10-12-11-20-17-7-2-1-4-13(12)17/h1-9,11H,10H2. The molecule has 0 saturated carbocycles. The number of rotatable bonds is 2. The van der Waals surface area contributed by atoms with E-state index in [-0.39, 0.29) is 0 Å². The van der Waals surface area contributed by atoms with Crippen molar-refractivity contribution in [3.8, 4) is 0 Å². The van der Waals surface area contributed by atoms with Crippen LogP contribution in [0.4, 0.5) is 0 Å². The molecule has 2 aromatic carbocycles. The minimum atomic E-state index is 0.816. The summed E-state index contributed by atoms with van der Waals surface area (Å²) in [4.78, 5) is 0. The van der Waals surface area contributed by atoms with Gasteiger partial charge in [-0.25, -0.2) is 0 Å². The molecule has 0 unspecified atom stereocenters. The van der Waals surface area contributed by atoms with E-state index in [1.54, 1.807) is 11.3 Å². The van der Waals surface area contributed by atoms with Crippen molar-refractivity contribution in [2.45, 2.75) is 6.54 Å². The minimum absolute atomic E-state index is 0.816. The van der Waals surface area contributed by atoms with Crippen molar-refractivity contribution in [1.82, 2.24) is 4.57 Å². The number of nitrogens with zero attached hydrogens (tertiary/aromatic N) is 1. The lowest BCUT2D eigenvalue weighted by Gasteiger charge is -2.05. The average molecular weight is 298 g/mol. The van der Waals surface area contributed by atoms with E-state index in [9.17, 15) is 0 Å². The van der Waals surface area contributed by atoms with Crippen molar-refractivity contribution in [1.29, 1.82) is 0 Å². The van der Waals surface area contributed by atoms with Crippen molar-refractivity contribution in [2.24, 2.45) is 0 Å². The van der Waals surface area contributed by atoms with E-state index in [1.165, 1.54) is 21.2 Å². The summed E-state index contributed by atoms with van der Waals surface area (Å²) in [5.41, 5.74) is 2.55. The summed E-state index contributed by atoms with van der Waals surface area (Å²) in [6, 6.07) is 16.7. The Balaban J connectivity index is 1.83. The van der Waals surface area contributed by atoms with Gasteiger partial charge in [-0.05, 0) is 40.6 Å².